The number of carbonyl (C=O) groups is 2. The van der Waals surface area contributed by atoms with E-state index in [1.807, 2.05) is 54.6 Å². The van der Waals surface area contributed by atoms with E-state index in [1.165, 1.54) is 4.90 Å². The number of sulfonamides is 1. The molecule has 1 N–H and O–H groups in total. The number of hydrogen-bond donors (Lipinski definition) is 1. The molecule has 1 saturated carbocycles. The number of amides is 2. The molecule has 1 fully saturated rings. The third-order valence-electron chi connectivity index (χ3n) is 7.01. The van der Waals surface area contributed by atoms with Crippen LogP contribution in [0.3, 0.4) is 0 Å². The van der Waals surface area contributed by atoms with Crippen molar-refractivity contribution < 1.29 is 18.0 Å². The molecule has 0 bridgehead atoms. The van der Waals surface area contributed by atoms with Crippen LogP contribution in [0.2, 0.25) is 0 Å². The van der Waals surface area contributed by atoms with E-state index < -0.39 is 28.5 Å². The van der Waals surface area contributed by atoms with Gasteiger partial charge in [-0.2, -0.15) is 0 Å². The molecule has 40 heavy (non-hydrogen) atoms. The lowest BCUT2D eigenvalue weighted by molar-refractivity contribution is -0.140. The first kappa shape index (κ1) is 30.3. The first-order valence-corrected chi connectivity index (χ1v) is 16.6. The summed E-state index contributed by atoms with van der Waals surface area (Å²) < 4.78 is 28.4. The van der Waals surface area contributed by atoms with Crippen LogP contribution < -0.4 is 9.62 Å². The van der Waals surface area contributed by atoms with E-state index >= 15 is 0 Å². The lowest BCUT2D eigenvalue weighted by Gasteiger charge is -2.34. The van der Waals surface area contributed by atoms with Crippen molar-refractivity contribution in [1.82, 2.24) is 10.2 Å². The van der Waals surface area contributed by atoms with E-state index in [4.69, 9.17) is 0 Å². The van der Waals surface area contributed by atoms with Gasteiger partial charge < -0.3 is 10.2 Å². The van der Waals surface area contributed by atoms with E-state index in [0.29, 0.717) is 16.6 Å². The van der Waals surface area contributed by atoms with Crippen molar-refractivity contribution in [3.63, 3.8) is 0 Å². The van der Waals surface area contributed by atoms with Gasteiger partial charge in [-0.25, -0.2) is 8.42 Å². The Balaban J connectivity index is 1.72. The molecule has 212 valence electrons. The van der Waals surface area contributed by atoms with Gasteiger partial charge in [0, 0.05) is 28.0 Å². The van der Waals surface area contributed by atoms with Crippen LogP contribution in [0.4, 0.5) is 5.69 Å². The second-order valence-electron chi connectivity index (χ2n) is 10.1. The van der Waals surface area contributed by atoms with Crippen molar-refractivity contribution >= 4 is 59.4 Å². The summed E-state index contributed by atoms with van der Waals surface area (Å²) in [6.45, 7) is -0.286. The SMILES string of the molecule is CS(=O)(=O)N(CC(=O)N(Cc1ccc(Br)cc1)C(Cc1ccccc1)C(=O)NC1CCCC1)c1cccc(Br)c1. The molecule has 1 aliphatic carbocycles. The van der Waals surface area contributed by atoms with Crippen LogP contribution in [-0.2, 0) is 32.6 Å². The van der Waals surface area contributed by atoms with Gasteiger partial charge in [0.15, 0.2) is 0 Å². The first-order valence-electron chi connectivity index (χ1n) is 13.2. The fourth-order valence-electron chi connectivity index (χ4n) is 4.95. The number of hydrogen-bond acceptors (Lipinski definition) is 4. The third-order valence-corrected chi connectivity index (χ3v) is 9.18. The number of nitrogens with one attached hydrogen (secondary N) is 1. The van der Waals surface area contributed by atoms with Gasteiger partial charge in [-0.1, -0.05) is 93.2 Å². The highest BCUT2D eigenvalue weighted by molar-refractivity contribution is 9.10. The van der Waals surface area contributed by atoms with Crippen LogP contribution in [0.1, 0.15) is 36.8 Å². The second-order valence-corrected chi connectivity index (χ2v) is 13.8. The van der Waals surface area contributed by atoms with E-state index in [-0.39, 0.29) is 18.5 Å². The molecule has 4 rings (SSSR count). The summed E-state index contributed by atoms with van der Waals surface area (Å²) in [5, 5.41) is 3.17. The Bertz CT molecular complexity index is 1410. The largest absolute Gasteiger partial charge is 0.352 e. The number of carbonyl (C=O) groups excluding carboxylic acids is 2. The standard InChI is InChI=1S/C30H33Br2N3O4S/c1-40(38,39)35(27-13-7-10-25(32)19-27)21-29(36)34(20-23-14-16-24(31)17-15-23)28(18-22-8-3-2-4-9-22)30(37)33-26-11-5-6-12-26/h2-4,7-10,13-17,19,26,28H,5-6,11-12,18,20-21H2,1H3,(H,33,37). The van der Waals surface area contributed by atoms with Gasteiger partial charge in [-0.3, -0.25) is 13.9 Å². The summed E-state index contributed by atoms with van der Waals surface area (Å²) in [6.07, 6.45) is 5.33. The maximum atomic E-state index is 14.1. The highest BCUT2D eigenvalue weighted by atomic mass is 79.9. The molecule has 7 nitrogen and oxygen atoms in total. The molecule has 0 aromatic heterocycles. The van der Waals surface area contributed by atoms with Crippen LogP contribution >= 0.6 is 31.9 Å². The predicted octanol–water partition coefficient (Wildman–Crippen LogP) is 5.68. The molecular formula is C30H33Br2N3O4S. The van der Waals surface area contributed by atoms with Crippen LogP contribution in [0, 0.1) is 0 Å². The van der Waals surface area contributed by atoms with Crippen molar-refractivity contribution in [3.8, 4) is 0 Å². The van der Waals surface area contributed by atoms with Gasteiger partial charge in [0.05, 0.1) is 11.9 Å². The maximum Gasteiger partial charge on any atom is 0.244 e. The highest BCUT2D eigenvalue weighted by Crippen LogP contribution is 2.24. The quantitative estimate of drug-likeness (QED) is 0.281. The summed E-state index contributed by atoms with van der Waals surface area (Å²) in [6, 6.07) is 23.2. The van der Waals surface area contributed by atoms with Crippen molar-refractivity contribution in [2.45, 2.75) is 50.7 Å². The molecule has 1 unspecified atom stereocenters. The van der Waals surface area contributed by atoms with Gasteiger partial charge >= 0.3 is 0 Å². The van der Waals surface area contributed by atoms with E-state index in [9.17, 15) is 18.0 Å². The van der Waals surface area contributed by atoms with Crippen molar-refractivity contribution in [3.05, 3.63) is 98.9 Å². The molecule has 1 aliphatic rings. The van der Waals surface area contributed by atoms with Crippen molar-refractivity contribution in [2.75, 3.05) is 17.1 Å². The number of anilines is 1. The Morgan fingerprint density at radius 2 is 1.57 bits per heavy atom. The molecule has 0 heterocycles. The zero-order chi connectivity index (χ0) is 28.7. The minimum Gasteiger partial charge on any atom is -0.352 e. The minimum absolute atomic E-state index is 0.0737. The first-order chi connectivity index (χ1) is 19.1. The lowest BCUT2D eigenvalue weighted by Crippen LogP contribution is -2.54. The summed E-state index contributed by atoms with van der Waals surface area (Å²) >= 11 is 6.84. The van der Waals surface area contributed by atoms with Gasteiger partial charge in [-0.05, 0) is 54.3 Å². The Labute approximate surface area is 253 Å². The molecule has 3 aromatic rings. The summed E-state index contributed by atoms with van der Waals surface area (Å²) in [4.78, 5) is 29.5. The number of nitrogens with zero attached hydrogens (tertiary/aromatic N) is 2. The maximum absolute atomic E-state index is 14.1. The minimum atomic E-state index is -3.81. The van der Waals surface area contributed by atoms with E-state index in [1.54, 1.807) is 24.3 Å². The number of benzene rings is 3. The van der Waals surface area contributed by atoms with Crippen LogP contribution in [-0.4, -0.2) is 50.0 Å². The summed E-state index contributed by atoms with van der Waals surface area (Å²) in [5.74, 6) is -0.689. The van der Waals surface area contributed by atoms with Gasteiger partial charge in [0.2, 0.25) is 21.8 Å². The van der Waals surface area contributed by atoms with E-state index in [0.717, 1.165) is 51.8 Å². The molecular weight excluding hydrogens is 658 g/mol. The van der Waals surface area contributed by atoms with Crippen molar-refractivity contribution in [2.24, 2.45) is 0 Å². The Morgan fingerprint density at radius 3 is 2.20 bits per heavy atom. The summed E-state index contributed by atoms with van der Waals surface area (Å²) in [5.41, 5.74) is 2.11. The zero-order valence-electron chi connectivity index (χ0n) is 22.3. The molecule has 1 atom stereocenters. The molecule has 0 saturated heterocycles. The Hall–Kier alpha value is -2.69. The van der Waals surface area contributed by atoms with Gasteiger partial charge in [0.25, 0.3) is 0 Å². The molecule has 2 amide bonds. The fourth-order valence-corrected chi connectivity index (χ4v) is 6.45. The number of halogens is 2. The third kappa shape index (κ3) is 8.41. The fraction of sp³-hybridized carbons (Fsp3) is 0.333. The second kappa shape index (κ2) is 13.8. The van der Waals surface area contributed by atoms with Crippen LogP contribution in [0.5, 0.6) is 0 Å². The van der Waals surface area contributed by atoms with Gasteiger partial charge in [-0.15, -0.1) is 0 Å². The lowest BCUT2D eigenvalue weighted by atomic mass is 10.0. The zero-order valence-corrected chi connectivity index (χ0v) is 26.3. The normalized spacial score (nSPS) is 14.5. The topological polar surface area (TPSA) is 86.8 Å². The molecule has 10 heteroatoms. The Morgan fingerprint density at radius 1 is 0.900 bits per heavy atom. The van der Waals surface area contributed by atoms with Crippen molar-refractivity contribution in [1.29, 1.82) is 0 Å². The predicted molar refractivity (Wildman–Crippen MR) is 165 cm³/mol. The average molecular weight is 691 g/mol. The van der Waals surface area contributed by atoms with E-state index in [2.05, 4.69) is 37.2 Å². The van der Waals surface area contributed by atoms with Gasteiger partial charge in [0.1, 0.15) is 12.6 Å². The van der Waals surface area contributed by atoms with Crippen LogP contribution in [0.15, 0.2) is 87.8 Å². The van der Waals surface area contributed by atoms with Crippen LogP contribution in [0.25, 0.3) is 0 Å². The average Bonchev–Trinajstić information content (AvgIpc) is 3.43. The monoisotopic (exact) mass is 689 g/mol. The number of rotatable bonds is 11. The smallest absolute Gasteiger partial charge is 0.244 e. The molecule has 3 aromatic carbocycles. The molecule has 0 radical (unpaired) electrons. The molecule has 0 aliphatic heterocycles. The highest BCUT2D eigenvalue weighted by Gasteiger charge is 2.34. The summed E-state index contributed by atoms with van der Waals surface area (Å²) in [7, 11) is -3.81. The molecule has 0 spiro atoms. The Kier molecular flexibility index (Phi) is 10.4.